The Labute approximate surface area is 142 Å². The van der Waals surface area contributed by atoms with Crippen molar-refractivity contribution in [1.82, 2.24) is 14.9 Å². The fourth-order valence-corrected chi connectivity index (χ4v) is 2.73. The third-order valence-electron chi connectivity index (χ3n) is 3.95. The maximum Gasteiger partial charge on any atom is 0.240 e. The largest absolute Gasteiger partial charge is 0.354 e. The molecule has 0 unspecified atom stereocenters. The van der Waals surface area contributed by atoms with Crippen LogP contribution >= 0.6 is 0 Å². The topological polar surface area (TPSA) is 46.9 Å². The molecule has 0 saturated carbocycles. The van der Waals surface area contributed by atoms with Gasteiger partial charge in [-0.15, -0.1) is 0 Å². The average molecular weight is 321 g/mol. The van der Waals surface area contributed by atoms with Gasteiger partial charge in [-0.25, -0.2) is 4.98 Å². The number of para-hydroxylation sites is 2. The normalized spacial score (nSPS) is 11.1. The number of benzene rings is 2. The van der Waals surface area contributed by atoms with E-state index in [0.717, 1.165) is 16.9 Å². The molecular formula is C20H23N3O. The average Bonchev–Trinajstić information content (AvgIpc) is 2.91. The third kappa shape index (κ3) is 3.82. The van der Waals surface area contributed by atoms with Crippen molar-refractivity contribution in [3.05, 3.63) is 66.0 Å². The minimum Gasteiger partial charge on any atom is -0.354 e. The minimum atomic E-state index is 0.0289. The van der Waals surface area contributed by atoms with Crippen LogP contribution in [0.15, 0.2) is 54.6 Å². The molecule has 4 heteroatoms. The fraction of sp³-hybridized carbons (Fsp3) is 0.300. The number of aromatic nitrogens is 2. The molecule has 1 heterocycles. The Hall–Kier alpha value is -2.62. The van der Waals surface area contributed by atoms with E-state index in [9.17, 15) is 4.79 Å². The van der Waals surface area contributed by atoms with Gasteiger partial charge < -0.3 is 9.88 Å². The van der Waals surface area contributed by atoms with E-state index in [1.807, 2.05) is 47.0 Å². The first kappa shape index (κ1) is 16.2. The van der Waals surface area contributed by atoms with E-state index >= 15 is 0 Å². The van der Waals surface area contributed by atoms with Crippen LogP contribution in [0, 0.1) is 5.92 Å². The van der Waals surface area contributed by atoms with Gasteiger partial charge in [-0.1, -0.05) is 56.3 Å². The number of amides is 1. The maximum atomic E-state index is 12.3. The van der Waals surface area contributed by atoms with E-state index in [-0.39, 0.29) is 5.91 Å². The van der Waals surface area contributed by atoms with E-state index in [1.165, 1.54) is 5.56 Å². The van der Waals surface area contributed by atoms with Crippen LogP contribution in [0.3, 0.4) is 0 Å². The van der Waals surface area contributed by atoms with Crippen LogP contribution in [-0.4, -0.2) is 22.0 Å². The van der Waals surface area contributed by atoms with Crippen LogP contribution in [-0.2, 0) is 17.8 Å². The van der Waals surface area contributed by atoms with Crippen molar-refractivity contribution < 1.29 is 4.79 Å². The van der Waals surface area contributed by atoms with Gasteiger partial charge in [0.1, 0.15) is 12.4 Å². The number of fused-ring (bicyclic) bond motifs is 1. The van der Waals surface area contributed by atoms with E-state index in [1.54, 1.807) is 0 Å². The Kier molecular flexibility index (Phi) is 4.94. The smallest absolute Gasteiger partial charge is 0.240 e. The minimum absolute atomic E-state index is 0.0289. The molecular weight excluding hydrogens is 298 g/mol. The first-order chi connectivity index (χ1) is 11.6. The summed E-state index contributed by atoms with van der Waals surface area (Å²) in [5, 5.41) is 2.99. The van der Waals surface area contributed by atoms with Crippen molar-refractivity contribution in [2.45, 2.75) is 26.8 Å². The molecule has 3 rings (SSSR count). The lowest BCUT2D eigenvalue weighted by Crippen LogP contribution is -2.31. The summed E-state index contributed by atoms with van der Waals surface area (Å²) in [6.45, 7) is 5.18. The van der Waals surface area contributed by atoms with E-state index < -0.39 is 0 Å². The molecule has 24 heavy (non-hydrogen) atoms. The lowest BCUT2D eigenvalue weighted by Gasteiger charge is -2.11. The molecule has 4 nitrogen and oxygen atoms in total. The first-order valence-electron chi connectivity index (χ1n) is 8.38. The number of hydrogen-bond donors (Lipinski definition) is 1. The SMILES string of the molecule is CC(C)CNC(=O)Cn1c(Cc2ccccc2)nc2ccccc21. The summed E-state index contributed by atoms with van der Waals surface area (Å²) < 4.78 is 2.03. The summed E-state index contributed by atoms with van der Waals surface area (Å²) in [5.41, 5.74) is 3.12. The maximum absolute atomic E-state index is 12.3. The number of imidazole rings is 1. The van der Waals surface area contributed by atoms with Gasteiger partial charge in [0.15, 0.2) is 0 Å². The Morgan fingerprint density at radius 1 is 1.08 bits per heavy atom. The fourth-order valence-electron chi connectivity index (χ4n) is 2.73. The number of carbonyl (C=O) groups excluding carboxylic acids is 1. The van der Waals surface area contributed by atoms with Crippen LogP contribution in [0.25, 0.3) is 11.0 Å². The predicted molar refractivity (Wildman–Crippen MR) is 96.8 cm³/mol. The molecule has 0 radical (unpaired) electrons. The standard InChI is InChI=1S/C20H23N3O/c1-15(2)13-21-20(24)14-23-18-11-7-6-10-17(18)22-19(23)12-16-8-4-3-5-9-16/h3-11,15H,12-14H2,1-2H3,(H,21,24). The van der Waals surface area contributed by atoms with Crippen LogP contribution in [0.5, 0.6) is 0 Å². The number of carbonyl (C=O) groups is 1. The summed E-state index contributed by atoms with van der Waals surface area (Å²) in [6.07, 6.45) is 0.715. The van der Waals surface area contributed by atoms with Gasteiger partial charge >= 0.3 is 0 Å². The lowest BCUT2D eigenvalue weighted by atomic mass is 10.1. The van der Waals surface area contributed by atoms with E-state index in [0.29, 0.717) is 25.4 Å². The Bertz CT molecular complexity index is 821. The van der Waals surface area contributed by atoms with Crippen molar-refractivity contribution in [2.24, 2.45) is 5.92 Å². The van der Waals surface area contributed by atoms with Crippen molar-refractivity contribution in [3.8, 4) is 0 Å². The second kappa shape index (κ2) is 7.30. The molecule has 0 aliphatic heterocycles. The highest BCUT2D eigenvalue weighted by molar-refractivity contribution is 5.81. The van der Waals surface area contributed by atoms with Gasteiger partial charge in [-0.2, -0.15) is 0 Å². The van der Waals surface area contributed by atoms with Crippen LogP contribution < -0.4 is 5.32 Å². The molecule has 3 aromatic rings. The first-order valence-corrected chi connectivity index (χ1v) is 8.38. The number of nitrogens with zero attached hydrogens (tertiary/aromatic N) is 2. The van der Waals surface area contributed by atoms with Crippen molar-refractivity contribution in [2.75, 3.05) is 6.54 Å². The molecule has 1 N–H and O–H groups in total. The summed E-state index contributed by atoms with van der Waals surface area (Å²) in [5.74, 6) is 1.39. The molecule has 0 aliphatic carbocycles. The highest BCUT2D eigenvalue weighted by Gasteiger charge is 2.14. The van der Waals surface area contributed by atoms with E-state index in [2.05, 4.69) is 31.3 Å². The third-order valence-corrected chi connectivity index (χ3v) is 3.95. The monoisotopic (exact) mass is 321 g/mol. The number of nitrogens with one attached hydrogen (secondary N) is 1. The Morgan fingerprint density at radius 3 is 2.54 bits per heavy atom. The zero-order chi connectivity index (χ0) is 16.9. The zero-order valence-electron chi connectivity index (χ0n) is 14.2. The molecule has 0 fully saturated rings. The van der Waals surface area contributed by atoms with Gasteiger partial charge in [0, 0.05) is 13.0 Å². The van der Waals surface area contributed by atoms with Crippen LogP contribution in [0.4, 0.5) is 0 Å². The summed E-state index contributed by atoms with van der Waals surface area (Å²) in [4.78, 5) is 17.0. The Balaban J connectivity index is 1.89. The molecule has 0 bridgehead atoms. The summed E-state index contributed by atoms with van der Waals surface area (Å²) >= 11 is 0. The highest BCUT2D eigenvalue weighted by atomic mass is 16.1. The summed E-state index contributed by atoms with van der Waals surface area (Å²) in [7, 11) is 0. The van der Waals surface area contributed by atoms with E-state index in [4.69, 9.17) is 4.98 Å². The number of hydrogen-bond acceptors (Lipinski definition) is 2. The second-order valence-corrected chi connectivity index (χ2v) is 6.46. The molecule has 0 atom stereocenters. The van der Waals surface area contributed by atoms with Gasteiger partial charge in [-0.05, 0) is 23.6 Å². The van der Waals surface area contributed by atoms with Crippen molar-refractivity contribution in [3.63, 3.8) is 0 Å². The molecule has 1 aromatic heterocycles. The van der Waals surface area contributed by atoms with Gasteiger partial charge in [0.25, 0.3) is 0 Å². The van der Waals surface area contributed by atoms with Crippen molar-refractivity contribution in [1.29, 1.82) is 0 Å². The van der Waals surface area contributed by atoms with Crippen LogP contribution in [0.1, 0.15) is 25.2 Å². The molecule has 1 amide bonds. The quantitative estimate of drug-likeness (QED) is 0.756. The highest BCUT2D eigenvalue weighted by Crippen LogP contribution is 2.18. The van der Waals surface area contributed by atoms with Gasteiger partial charge in [0.05, 0.1) is 11.0 Å². The zero-order valence-corrected chi connectivity index (χ0v) is 14.2. The Morgan fingerprint density at radius 2 is 1.79 bits per heavy atom. The molecule has 124 valence electrons. The van der Waals surface area contributed by atoms with Gasteiger partial charge in [-0.3, -0.25) is 4.79 Å². The van der Waals surface area contributed by atoms with Crippen LogP contribution in [0.2, 0.25) is 0 Å². The molecule has 0 saturated heterocycles. The number of rotatable bonds is 6. The second-order valence-electron chi connectivity index (χ2n) is 6.46. The summed E-state index contributed by atoms with van der Waals surface area (Å²) in [6, 6.07) is 18.2. The molecule has 0 spiro atoms. The molecule has 0 aliphatic rings. The predicted octanol–water partition coefficient (Wildman–Crippen LogP) is 3.40. The lowest BCUT2D eigenvalue weighted by molar-refractivity contribution is -0.121. The van der Waals surface area contributed by atoms with Crippen molar-refractivity contribution >= 4 is 16.9 Å². The molecule has 2 aromatic carbocycles. The van der Waals surface area contributed by atoms with Gasteiger partial charge in [0.2, 0.25) is 5.91 Å².